The van der Waals surface area contributed by atoms with Crippen LogP contribution in [0.3, 0.4) is 0 Å². The number of esters is 1. The van der Waals surface area contributed by atoms with Crippen LogP contribution in [0.4, 0.5) is 0 Å². The monoisotopic (exact) mass is 361 g/mol. The van der Waals surface area contributed by atoms with Crippen LogP contribution in [0.1, 0.15) is 6.92 Å². The van der Waals surface area contributed by atoms with Crippen LogP contribution >= 0.6 is 7.26 Å². The third-order valence-corrected chi connectivity index (χ3v) is 8.89. The maximum atomic E-state index is 12.1. The number of methoxy groups -OCH3 is 1. The van der Waals surface area contributed by atoms with Crippen LogP contribution in [-0.2, 0) is 9.53 Å². The van der Waals surface area contributed by atoms with Gasteiger partial charge in [-0.15, -0.1) is 0 Å². The molecule has 3 heteroatoms. The molecular formula is C23H22O2P+. The van der Waals surface area contributed by atoms with Gasteiger partial charge < -0.3 is 4.74 Å². The standard InChI is InChI=1S/C23H22O2P/c1-19(18-23(24)25-2)26(20-12-6-3-7-13-20,21-14-8-4-9-15-21)22-16-10-5-11-17-22/h3-18H,1-2H3/q+1. The van der Waals surface area contributed by atoms with Gasteiger partial charge in [-0.25, -0.2) is 4.79 Å². The number of carbonyl (C=O) groups is 1. The summed E-state index contributed by atoms with van der Waals surface area (Å²) in [6, 6.07) is 31.3. The zero-order valence-corrected chi connectivity index (χ0v) is 15.9. The second-order valence-electron chi connectivity index (χ2n) is 5.99. The average Bonchev–Trinajstić information content (AvgIpc) is 2.71. The van der Waals surface area contributed by atoms with Crippen molar-refractivity contribution in [2.75, 3.05) is 7.11 Å². The van der Waals surface area contributed by atoms with E-state index in [1.54, 1.807) is 6.08 Å². The topological polar surface area (TPSA) is 26.3 Å². The van der Waals surface area contributed by atoms with Crippen LogP contribution in [-0.4, -0.2) is 13.1 Å². The molecule has 3 rings (SSSR count). The Balaban J connectivity index is 2.39. The molecular weight excluding hydrogens is 339 g/mol. The van der Waals surface area contributed by atoms with E-state index < -0.39 is 7.26 Å². The number of hydrogen-bond acceptors (Lipinski definition) is 2. The zero-order valence-electron chi connectivity index (χ0n) is 15.0. The maximum Gasteiger partial charge on any atom is 0.334 e. The Bertz CT molecular complexity index is 791. The summed E-state index contributed by atoms with van der Waals surface area (Å²) in [7, 11) is -0.735. The molecule has 0 atom stereocenters. The number of carbonyl (C=O) groups excluding carboxylic acids is 1. The van der Waals surface area contributed by atoms with E-state index in [1.807, 2.05) is 25.1 Å². The largest absolute Gasteiger partial charge is 0.466 e. The lowest BCUT2D eigenvalue weighted by Crippen LogP contribution is -2.32. The predicted molar refractivity (Wildman–Crippen MR) is 111 cm³/mol. The fourth-order valence-corrected chi connectivity index (χ4v) is 7.61. The first-order valence-corrected chi connectivity index (χ1v) is 10.3. The molecule has 0 bridgehead atoms. The molecule has 0 heterocycles. The normalized spacial score (nSPS) is 11.8. The van der Waals surface area contributed by atoms with E-state index in [4.69, 9.17) is 4.74 Å². The van der Waals surface area contributed by atoms with E-state index >= 15 is 0 Å². The molecule has 0 fully saturated rings. The van der Waals surface area contributed by atoms with Crippen molar-refractivity contribution in [1.29, 1.82) is 0 Å². The molecule has 0 aliphatic rings. The molecule has 0 saturated heterocycles. The highest BCUT2D eigenvalue weighted by molar-refractivity contribution is 7.99. The van der Waals surface area contributed by atoms with Crippen molar-refractivity contribution in [1.82, 2.24) is 0 Å². The van der Waals surface area contributed by atoms with Crippen LogP contribution in [0.15, 0.2) is 102 Å². The zero-order chi connectivity index (χ0) is 18.4. The van der Waals surface area contributed by atoms with Gasteiger partial charge in [0.25, 0.3) is 0 Å². The molecule has 0 unspecified atom stereocenters. The van der Waals surface area contributed by atoms with Gasteiger partial charge in [-0.2, -0.15) is 0 Å². The van der Waals surface area contributed by atoms with Gasteiger partial charge in [-0.1, -0.05) is 54.6 Å². The summed E-state index contributed by atoms with van der Waals surface area (Å²) in [5, 5.41) is 4.67. The van der Waals surface area contributed by atoms with Gasteiger partial charge in [-0.05, 0) is 43.3 Å². The van der Waals surface area contributed by atoms with Crippen LogP contribution < -0.4 is 15.9 Å². The Kier molecular flexibility index (Phi) is 5.65. The Hall–Kier alpha value is -2.70. The van der Waals surface area contributed by atoms with Crippen molar-refractivity contribution < 1.29 is 9.53 Å². The molecule has 0 aliphatic heterocycles. The minimum atomic E-state index is -2.15. The quantitative estimate of drug-likeness (QED) is 0.389. The van der Waals surface area contributed by atoms with E-state index in [-0.39, 0.29) is 5.97 Å². The number of hydrogen-bond donors (Lipinski definition) is 0. The van der Waals surface area contributed by atoms with Gasteiger partial charge in [0.05, 0.1) is 18.5 Å². The molecule has 2 nitrogen and oxygen atoms in total. The summed E-state index contributed by atoms with van der Waals surface area (Å²) in [5.74, 6) is -0.324. The van der Waals surface area contributed by atoms with Crippen LogP contribution in [0.5, 0.6) is 0 Å². The van der Waals surface area contributed by atoms with Gasteiger partial charge >= 0.3 is 5.97 Å². The van der Waals surface area contributed by atoms with E-state index in [2.05, 4.69) is 72.8 Å². The summed E-state index contributed by atoms with van der Waals surface area (Å²) < 4.78 is 4.93. The maximum absolute atomic E-state index is 12.1. The first kappa shape index (κ1) is 18.1. The van der Waals surface area contributed by atoms with Crippen molar-refractivity contribution in [3.8, 4) is 0 Å². The molecule has 26 heavy (non-hydrogen) atoms. The van der Waals surface area contributed by atoms with E-state index in [0.29, 0.717) is 0 Å². The van der Waals surface area contributed by atoms with E-state index in [0.717, 1.165) is 5.31 Å². The summed E-state index contributed by atoms with van der Waals surface area (Å²) in [6.07, 6.45) is 1.64. The van der Waals surface area contributed by atoms with Crippen molar-refractivity contribution in [2.24, 2.45) is 0 Å². The summed E-state index contributed by atoms with van der Waals surface area (Å²) in [5.41, 5.74) is 0. The lowest BCUT2D eigenvalue weighted by atomic mass is 10.3. The van der Waals surface area contributed by atoms with E-state index in [1.165, 1.54) is 23.0 Å². The molecule has 3 aromatic carbocycles. The molecule has 0 radical (unpaired) electrons. The molecule has 0 aromatic heterocycles. The summed E-state index contributed by atoms with van der Waals surface area (Å²) >= 11 is 0. The second-order valence-corrected chi connectivity index (χ2v) is 9.58. The molecule has 130 valence electrons. The molecule has 0 N–H and O–H groups in total. The second kappa shape index (κ2) is 8.12. The average molecular weight is 361 g/mol. The lowest BCUT2D eigenvalue weighted by Gasteiger charge is -2.27. The van der Waals surface area contributed by atoms with Crippen LogP contribution in [0, 0.1) is 0 Å². The molecule has 0 spiro atoms. The summed E-state index contributed by atoms with van der Waals surface area (Å²) in [6.45, 7) is 2.04. The Morgan fingerprint density at radius 1 is 0.731 bits per heavy atom. The number of benzene rings is 3. The van der Waals surface area contributed by atoms with Crippen molar-refractivity contribution in [3.05, 3.63) is 102 Å². The minimum absolute atomic E-state index is 0.324. The minimum Gasteiger partial charge on any atom is -0.466 e. The number of allylic oxidation sites excluding steroid dienone is 1. The van der Waals surface area contributed by atoms with Crippen molar-refractivity contribution in [3.63, 3.8) is 0 Å². The predicted octanol–water partition coefficient (Wildman–Crippen LogP) is 4.06. The molecule has 0 saturated carbocycles. The van der Waals surface area contributed by atoms with Gasteiger partial charge in [0.1, 0.15) is 23.2 Å². The fourth-order valence-electron chi connectivity index (χ4n) is 3.34. The lowest BCUT2D eigenvalue weighted by molar-refractivity contribution is -0.134. The molecule has 3 aromatic rings. The third-order valence-electron chi connectivity index (χ3n) is 4.49. The first-order chi connectivity index (χ1) is 12.7. The van der Waals surface area contributed by atoms with Gasteiger partial charge in [0.15, 0.2) is 0 Å². The van der Waals surface area contributed by atoms with E-state index in [9.17, 15) is 4.79 Å². The number of ether oxygens (including phenoxy) is 1. The van der Waals surface area contributed by atoms with Crippen LogP contribution in [0.25, 0.3) is 0 Å². The van der Waals surface area contributed by atoms with Gasteiger partial charge in [0, 0.05) is 0 Å². The smallest absolute Gasteiger partial charge is 0.334 e. The highest BCUT2D eigenvalue weighted by Gasteiger charge is 2.47. The van der Waals surface area contributed by atoms with Gasteiger partial charge in [-0.3, -0.25) is 0 Å². The Labute approximate surface area is 155 Å². The van der Waals surface area contributed by atoms with Crippen LogP contribution in [0.2, 0.25) is 0 Å². The number of rotatable bonds is 5. The van der Waals surface area contributed by atoms with Crippen molar-refractivity contribution in [2.45, 2.75) is 6.92 Å². The highest BCUT2D eigenvalue weighted by Crippen LogP contribution is 2.62. The van der Waals surface area contributed by atoms with Crippen molar-refractivity contribution >= 4 is 29.1 Å². The first-order valence-electron chi connectivity index (χ1n) is 8.52. The Morgan fingerprint density at radius 3 is 1.38 bits per heavy atom. The third kappa shape index (κ3) is 3.34. The highest BCUT2D eigenvalue weighted by atomic mass is 31.2. The van der Waals surface area contributed by atoms with Gasteiger partial charge in [0.2, 0.25) is 0 Å². The molecule has 0 amide bonds. The SMILES string of the molecule is COC(=O)C=C(C)[P+](c1ccccc1)(c1ccccc1)c1ccccc1. The molecule has 0 aliphatic carbocycles. The summed E-state index contributed by atoms with van der Waals surface area (Å²) in [4.78, 5) is 12.1. The fraction of sp³-hybridized carbons (Fsp3) is 0.0870. The Morgan fingerprint density at radius 2 is 1.08 bits per heavy atom.